The minimum absolute atomic E-state index is 0.285. The van der Waals surface area contributed by atoms with E-state index in [-0.39, 0.29) is 11.4 Å². The lowest BCUT2D eigenvalue weighted by Gasteiger charge is -2.20. The van der Waals surface area contributed by atoms with E-state index in [2.05, 4.69) is 27.7 Å². The molecule has 1 aromatic rings. The molecule has 0 radical (unpaired) electrons. The van der Waals surface area contributed by atoms with Crippen LogP contribution in [0, 0.1) is 11.3 Å². The number of hydrogen-bond donors (Lipinski definition) is 0. The first-order chi connectivity index (χ1) is 8.38. The van der Waals surface area contributed by atoms with Gasteiger partial charge in [0.1, 0.15) is 0 Å². The van der Waals surface area contributed by atoms with E-state index in [0.29, 0.717) is 11.5 Å². The summed E-state index contributed by atoms with van der Waals surface area (Å²) < 4.78 is 5.09. The quantitative estimate of drug-likeness (QED) is 0.580. The first-order valence-corrected chi connectivity index (χ1v) is 6.31. The van der Waals surface area contributed by atoms with Crippen molar-refractivity contribution in [2.75, 3.05) is 0 Å². The molecule has 18 heavy (non-hydrogen) atoms. The molecule has 0 bridgehead atoms. The van der Waals surface area contributed by atoms with Crippen molar-refractivity contribution in [1.29, 1.82) is 0 Å². The Morgan fingerprint density at radius 3 is 2.44 bits per heavy atom. The molecule has 98 valence electrons. The third-order valence-corrected chi connectivity index (χ3v) is 2.53. The van der Waals surface area contributed by atoms with Crippen LogP contribution in [0.1, 0.15) is 44.5 Å². The van der Waals surface area contributed by atoms with E-state index in [1.165, 1.54) is 6.26 Å². The van der Waals surface area contributed by atoms with Crippen molar-refractivity contribution in [3.05, 3.63) is 48.2 Å². The van der Waals surface area contributed by atoms with Crippen molar-refractivity contribution in [2.24, 2.45) is 11.3 Å². The molecule has 0 spiro atoms. The fraction of sp³-hybridized carbons (Fsp3) is 0.438. The molecular weight excluding hydrogens is 224 g/mol. The summed E-state index contributed by atoms with van der Waals surface area (Å²) in [5.41, 5.74) is 0.860. The zero-order valence-corrected chi connectivity index (χ0v) is 11.6. The summed E-state index contributed by atoms with van der Waals surface area (Å²) in [6.07, 6.45) is 4.50. The van der Waals surface area contributed by atoms with Gasteiger partial charge in [0, 0.05) is 0 Å². The summed E-state index contributed by atoms with van der Waals surface area (Å²) in [4.78, 5) is 11.6. The summed E-state index contributed by atoms with van der Waals surface area (Å²) in [6.45, 7) is 8.73. The molecule has 0 N–H and O–H groups in total. The minimum atomic E-state index is -0.310. The molecule has 1 rings (SSSR count). The first-order valence-electron chi connectivity index (χ1n) is 6.31. The second kappa shape index (κ2) is 6.39. The van der Waals surface area contributed by atoms with Gasteiger partial charge in [-0.05, 0) is 36.0 Å². The van der Waals surface area contributed by atoms with E-state index in [0.717, 1.165) is 6.42 Å². The van der Waals surface area contributed by atoms with E-state index in [9.17, 15) is 4.79 Å². The highest BCUT2D eigenvalue weighted by molar-refractivity contribution is 5.89. The number of rotatable bonds is 4. The number of esters is 1. The van der Waals surface area contributed by atoms with Gasteiger partial charge in [0.2, 0.25) is 0 Å². The Hall–Kier alpha value is -1.57. The van der Waals surface area contributed by atoms with Crippen LogP contribution in [0.5, 0.6) is 0 Å². The van der Waals surface area contributed by atoms with Crippen LogP contribution in [-0.4, -0.2) is 5.97 Å². The minimum Gasteiger partial charge on any atom is -0.431 e. The van der Waals surface area contributed by atoms with Crippen LogP contribution in [0.15, 0.2) is 42.7 Å². The number of carbonyl (C=O) groups is 1. The van der Waals surface area contributed by atoms with Crippen LogP contribution in [-0.2, 0) is 4.74 Å². The standard InChI is InChI=1S/C16H22O2/c1-13(12-16(2,3)4)10-11-18-15(17)14-8-6-5-7-9-14/h5-11,13H,12H2,1-4H3. The monoisotopic (exact) mass is 246 g/mol. The second-order valence-corrected chi connectivity index (χ2v) is 5.84. The van der Waals surface area contributed by atoms with Gasteiger partial charge in [-0.2, -0.15) is 0 Å². The Kier molecular flexibility index (Phi) is 5.14. The maximum absolute atomic E-state index is 11.6. The molecule has 0 saturated carbocycles. The maximum atomic E-state index is 11.6. The zero-order chi connectivity index (χ0) is 13.6. The lowest BCUT2D eigenvalue weighted by atomic mass is 9.85. The van der Waals surface area contributed by atoms with Crippen molar-refractivity contribution in [1.82, 2.24) is 0 Å². The summed E-state index contributed by atoms with van der Waals surface area (Å²) >= 11 is 0. The molecule has 0 aromatic heterocycles. The molecule has 0 aliphatic rings. The van der Waals surface area contributed by atoms with Crippen LogP contribution in [0.2, 0.25) is 0 Å². The Labute approximate surface area is 110 Å². The predicted octanol–water partition coefficient (Wildman–Crippen LogP) is 4.43. The fourth-order valence-corrected chi connectivity index (χ4v) is 1.91. The SMILES string of the molecule is CC(C=COC(=O)c1ccccc1)CC(C)(C)C. The fourth-order valence-electron chi connectivity index (χ4n) is 1.91. The van der Waals surface area contributed by atoms with E-state index < -0.39 is 0 Å². The van der Waals surface area contributed by atoms with Gasteiger partial charge in [-0.15, -0.1) is 0 Å². The lowest BCUT2D eigenvalue weighted by molar-refractivity contribution is 0.0661. The van der Waals surface area contributed by atoms with Gasteiger partial charge in [-0.25, -0.2) is 4.79 Å². The average molecular weight is 246 g/mol. The van der Waals surface area contributed by atoms with Crippen molar-refractivity contribution in [3.8, 4) is 0 Å². The number of carbonyl (C=O) groups excluding carboxylic acids is 1. The van der Waals surface area contributed by atoms with Crippen molar-refractivity contribution < 1.29 is 9.53 Å². The molecule has 1 aromatic carbocycles. The predicted molar refractivity (Wildman–Crippen MR) is 74.2 cm³/mol. The highest BCUT2D eigenvalue weighted by Gasteiger charge is 2.13. The highest BCUT2D eigenvalue weighted by Crippen LogP contribution is 2.24. The Morgan fingerprint density at radius 1 is 1.28 bits per heavy atom. The first kappa shape index (κ1) is 14.5. The molecule has 0 heterocycles. The third kappa shape index (κ3) is 5.67. The highest BCUT2D eigenvalue weighted by atomic mass is 16.5. The molecule has 0 saturated heterocycles. The Bertz CT molecular complexity index is 399. The number of allylic oxidation sites excluding steroid dienone is 1. The van der Waals surface area contributed by atoms with Crippen LogP contribution >= 0.6 is 0 Å². The number of hydrogen-bond acceptors (Lipinski definition) is 2. The van der Waals surface area contributed by atoms with Crippen molar-refractivity contribution >= 4 is 5.97 Å². The molecular formula is C16H22O2. The van der Waals surface area contributed by atoms with Gasteiger partial charge in [0.05, 0.1) is 11.8 Å². The smallest absolute Gasteiger partial charge is 0.342 e. The largest absolute Gasteiger partial charge is 0.431 e. The Balaban J connectivity index is 2.43. The van der Waals surface area contributed by atoms with Crippen molar-refractivity contribution in [3.63, 3.8) is 0 Å². The van der Waals surface area contributed by atoms with E-state index in [1.54, 1.807) is 12.1 Å². The topological polar surface area (TPSA) is 26.3 Å². The lowest BCUT2D eigenvalue weighted by Crippen LogP contribution is -2.09. The summed E-state index contributed by atoms with van der Waals surface area (Å²) in [5, 5.41) is 0. The van der Waals surface area contributed by atoms with Crippen LogP contribution < -0.4 is 0 Å². The van der Waals surface area contributed by atoms with Gasteiger partial charge >= 0.3 is 5.97 Å². The molecule has 2 heteroatoms. The van der Waals surface area contributed by atoms with Crippen LogP contribution in [0.3, 0.4) is 0 Å². The van der Waals surface area contributed by atoms with Gasteiger partial charge in [-0.1, -0.05) is 45.9 Å². The van der Waals surface area contributed by atoms with Gasteiger partial charge in [-0.3, -0.25) is 0 Å². The van der Waals surface area contributed by atoms with E-state index in [4.69, 9.17) is 4.74 Å². The van der Waals surface area contributed by atoms with E-state index >= 15 is 0 Å². The van der Waals surface area contributed by atoms with Crippen molar-refractivity contribution in [2.45, 2.75) is 34.1 Å². The summed E-state index contributed by atoms with van der Waals surface area (Å²) in [6, 6.07) is 9.01. The molecule has 0 amide bonds. The second-order valence-electron chi connectivity index (χ2n) is 5.84. The average Bonchev–Trinajstić information content (AvgIpc) is 2.27. The van der Waals surface area contributed by atoms with Gasteiger partial charge in [0.25, 0.3) is 0 Å². The summed E-state index contributed by atoms with van der Waals surface area (Å²) in [7, 11) is 0. The summed E-state index contributed by atoms with van der Waals surface area (Å²) in [5.74, 6) is 0.0865. The molecule has 0 aliphatic heterocycles. The van der Waals surface area contributed by atoms with Crippen LogP contribution in [0.4, 0.5) is 0 Å². The normalized spacial score (nSPS) is 13.6. The van der Waals surface area contributed by atoms with E-state index in [1.807, 2.05) is 24.3 Å². The van der Waals surface area contributed by atoms with Gasteiger partial charge < -0.3 is 4.74 Å². The number of ether oxygens (including phenoxy) is 1. The molecule has 2 nitrogen and oxygen atoms in total. The van der Waals surface area contributed by atoms with Crippen LogP contribution in [0.25, 0.3) is 0 Å². The third-order valence-electron chi connectivity index (χ3n) is 2.53. The maximum Gasteiger partial charge on any atom is 0.342 e. The number of benzene rings is 1. The van der Waals surface area contributed by atoms with Gasteiger partial charge in [0.15, 0.2) is 0 Å². The molecule has 1 atom stereocenters. The molecule has 0 fully saturated rings. The molecule has 1 unspecified atom stereocenters. The zero-order valence-electron chi connectivity index (χ0n) is 11.6. The Morgan fingerprint density at radius 2 is 1.89 bits per heavy atom. The molecule has 0 aliphatic carbocycles.